The number of nitrogens with zero attached hydrogens (tertiary/aromatic N) is 1. The number of aromatic nitrogens is 1. The van der Waals surface area contributed by atoms with E-state index in [9.17, 15) is 18.0 Å². The number of carboxylic acid groups (broad SMARTS) is 1. The van der Waals surface area contributed by atoms with Crippen LogP contribution in [0.4, 0.5) is 13.2 Å². The predicted octanol–water partition coefficient (Wildman–Crippen LogP) is 4.77. The van der Waals surface area contributed by atoms with E-state index in [0.717, 1.165) is 6.07 Å². The van der Waals surface area contributed by atoms with Crippen molar-refractivity contribution in [2.75, 3.05) is 0 Å². The predicted molar refractivity (Wildman–Crippen MR) is 71.7 cm³/mol. The third-order valence-corrected chi connectivity index (χ3v) is 3.24. The van der Waals surface area contributed by atoms with Crippen molar-refractivity contribution in [3.63, 3.8) is 0 Å². The van der Waals surface area contributed by atoms with Crippen LogP contribution in [0.15, 0.2) is 30.5 Å². The summed E-state index contributed by atoms with van der Waals surface area (Å²) in [6.07, 6.45) is -3.91. The molecule has 0 aliphatic rings. The normalized spacial score (nSPS) is 11.5. The number of carbonyl (C=O) groups is 1. The highest BCUT2D eigenvalue weighted by Gasteiger charge is 2.31. The minimum Gasteiger partial charge on any atom is -0.478 e. The minimum absolute atomic E-state index is 0.0315. The van der Waals surface area contributed by atoms with Gasteiger partial charge in [-0.25, -0.2) is 4.79 Å². The van der Waals surface area contributed by atoms with E-state index in [1.54, 1.807) is 0 Å². The topological polar surface area (TPSA) is 50.2 Å². The van der Waals surface area contributed by atoms with E-state index in [1.807, 2.05) is 0 Å². The molecule has 0 aliphatic heterocycles. The Morgan fingerprint density at radius 3 is 2.29 bits per heavy atom. The van der Waals surface area contributed by atoms with Crippen LogP contribution in [0.5, 0.6) is 0 Å². The zero-order chi connectivity index (χ0) is 15.8. The summed E-state index contributed by atoms with van der Waals surface area (Å²) in [5.41, 5.74) is -0.728. The van der Waals surface area contributed by atoms with Crippen molar-refractivity contribution in [3.8, 4) is 11.3 Å². The molecule has 0 saturated heterocycles. The van der Waals surface area contributed by atoms with E-state index < -0.39 is 17.7 Å². The maximum atomic E-state index is 12.5. The Balaban J connectivity index is 2.50. The lowest BCUT2D eigenvalue weighted by molar-refractivity contribution is -0.137. The molecule has 1 heterocycles. The highest BCUT2D eigenvalue weighted by molar-refractivity contribution is 6.36. The molecule has 1 aromatic heterocycles. The van der Waals surface area contributed by atoms with Crippen molar-refractivity contribution >= 4 is 29.2 Å². The minimum atomic E-state index is -4.55. The van der Waals surface area contributed by atoms with Crippen molar-refractivity contribution in [2.24, 2.45) is 0 Å². The van der Waals surface area contributed by atoms with E-state index in [4.69, 9.17) is 28.3 Å². The Labute approximate surface area is 126 Å². The second-order valence-corrected chi connectivity index (χ2v) is 4.87. The first-order valence-electron chi connectivity index (χ1n) is 5.46. The first kappa shape index (κ1) is 15.6. The molecule has 0 bridgehead atoms. The molecule has 0 spiro atoms. The number of rotatable bonds is 2. The fraction of sp³-hybridized carbons (Fsp3) is 0.0769. The maximum Gasteiger partial charge on any atom is 0.417 e. The van der Waals surface area contributed by atoms with Gasteiger partial charge in [-0.05, 0) is 18.2 Å². The van der Waals surface area contributed by atoms with Crippen molar-refractivity contribution in [2.45, 2.75) is 6.18 Å². The third-order valence-electron chi connectivity index (χ3n) is 2.64. The standard InChI is InChI=1S/C13H6Cl2F3NO2/c14-9-3-6(12(20)21)1-2-8(9)11-10(15)4-7(5-19-11)13(16,17)18/h1-5H,(H,20,21). The molecule has 0 aliphatic carbocycles. The van der Waals surface area contributed by atoms with E-state index in [0.29, 0.717) is 6.20 Å². The number of halogens is 5. The lowest BCUT2D eigenvalue weighted by atomic mass is 10.1. The Hall–Kier alpha value is -1.79. The molecule has 8 heteroatoms. The Bertz CT molecular complexity index is 717. The van der Waals surface area contributed by atoms with Crippen LogP contribution in [0.2, 0.25) is 10.0 Å². The maximum absolute atomic E-state index is 12.5. The van der Waals surface area contributed by atoms with Gasteiger partial charge in [-0.15, -0.1) is 0 Å². The van der Waals surface area contributed by atoms with Crippen LogP contribution < -0.4 is 0 Å². The van der Waals surface area contributed by atoms with Gasteiger partial charge in [0.1, 0.15) is 0 Å². The van der Waals surface area contributed by atoms with Crippen LogP contribution in [-0.2, 0) is 6.18 Å². The first-order valence-corrected chi connectivity index (χ1v) is 6.21. The van der Waals surface area contributed by atoms with Crippen molar-refractivity contribution in [1.29, 1.82) is 0 Å². The number of alkyl halides is 3. The van der Waals surface area contributed by atoms with Crippen molar-refractivity contribution < 1.29 is 23.1 Å². The molecular formula is C13H6Cl2F3NO2. The molecule has 21 heavy (non-hydrogen) atoms. The highest BCUT2D eigenvalue weighted by atomic mass is 35.5. The van der Waals surface area contributed by atoms with Crippen molar-refractivity contribution in [3.05, 3.63) is 51.6 Å². The fourth-order valence-corrected chi connectivity index (χ4v) is 2.17. The van der Waals surface area contributed by atoms with Gasteiger partial charge in [0.2, 0.25) is 0 Å². The van der Waals surface area contributed by atoms with Crippen LogP contribution >= 0.6 is 23.2 Å². The molecule has 0 saturated carbocycles. The summed E-state index contributed by atoms with van der Waals surface area (Å²) in [6.45, 7) is 0. The average molecular weight is 336 g/mol. The summed E-state index contributed by atoms with van der Waals surface area (Å²) in [7, 11) is 0. The molecule has 0 radical (unpaired) electrons. The summed E-state index contributed by atoms with van der Waals surface area (Å²) in [6, 6.07) is 4.52. The van der Waals surface area contributed by atoms with Gasteiger partial charge in [-0.2, -0.15) is 13.2 Å². The van der Waals surface area contributed by atoms with E-state index in [1.165, 1.54) is 18.2 Å². The Morgan fingerprint density at radius 1 is 1.14 bits per heavy atom. The molecular weight excluding hydrogens is 330 g/mol. The summed E-state index contributed by atoms with van der Waals surface area (Å²) in [4.78, 5) is 14.5. The average Bonchev–Trinajstić information content (AvgIpc) is 2.38. The number of aromatic carboxylic acids is 1. The van der Waals surface area contributed by atoms with E-state index in [-0.39, 0.29) is 26.9 Å². The summed E-state index contributed by atoms with van der Waals surface area (Å²) >= 11 is 11.7. The molecule has 0 atom stereocenters. The smallest absolute Gasteiger partial charge is 0.417 e. The van der Waals surface area contributed by atoms with E-state index >= 15 is 0 Å². The molecule has 3 nitrogen and oxygen atoms in total. The summed E-state index contributed by atoms with van der Waals surface area (Å²) in [5.74, 6) is -1.17. The molecule has 0 fully saturated rings. The lowest BCUT2D eigenvalue weighted by Crippen LogP contribution is -2.06. The third kappa shape index (κ3) is 3.28. The zero-order valence-electron chi connectivity index (χ0n) is 10.1. The van der Waals surface area contributed by atoms with Gasteiger partial charge in [0.25, 0.3) is 0 Å². The first-order chi connectivity index (χ1) is 9.70. The lowest BCUT2D eigenvalue weighted by Gasteiger charge is -2.10. The zero-order valence-corrected chi connectivity index (χ0v) is 11.6. The van der Waals surface area contributed by atoms with Gasteiger partial charge in [-0.1, -0.05) is 29.3 Å². The number of hydrogen-bond acceptors (Lipinski definition) is 2. The SMILES string of the molecule is O=C(O)c1ccc(-c2ncc(C(F)(F)F)cc2Cl)c(Cl)c1. The van der Waals surface area contributed by atoms with Crippen LogP contribution in [0.25, 0.3) is 11.3 Å². The number of carboxylic acids is 1. The molecule has 2 rings (SSSR count). The number of hydrogen-bond donors (Lipinski definition) is 1. The van der Waals surface area contributed by atoms with Gasteiger partial charge >= 0.3 is 12.1 Å². The summed E-state index contributed by atoms with van der Waals surface area (Å²) < 4.78 is 37.6. The van der Waals surface area contributed by atoms with Gasteiger partial charge < -0.3 is 5.11 Å². The monoisotopic (exact) mass is 335 g/mol. The summed E-state index contributed by atoms with van der Waals surface area (Å²) in [5, 5.41) is 8.63. The number of pyridine rings is 1. The molecule has 1 aromatic carbocycles. The molecule has 2 aromatic rings. The second-order valence-electron chi connectivity index (χ2n) is 4.05. The van der Waals surface area contributed by atoms with Gasteiger partial charge in [0.15, 0.2) is 0 Å². The van der Waals surface area contributed by atoms with Gasteiger partial charge in [0, 0.05) is 11.8 Å². The molecule has 1 N–H and O–H groups in total. The van der Waals surface area contributed by atoms with E-state index in [2.05, 4.69) is 4.98 Å². The van der Waals surface area contributed by atoms with Crippen LogP contribution in [0.1, 0.15) is 15.9 Å². The van der Waals surface area contributed by atoms with Gasteiger partial charge in [0.05, 0.1) is 26.9 Å². The van der Waals surface area contributed by atoms with Gasteiger partial charge in [-0.3, -0.25) is 4.98 Å². The largest absolute Gasteiger partial charge is 0.478 e. The second kappa shape index (κ2) is 5.54. The Kier molecular flexibility index (Phi) is 4.11. The molecule has 110 valence electrons. The van der Waals surface area contributed by atoms with Crippen molar-refractivity contribution in [1.82, 2.24) is 4.98 Å². The quantitative estimate of drug-likeness (QED) is 0.859. The van der Waals surface area contributed by atoms with Crippen LogP contribution in [0, 0.1) is 0 Å². The molecule has 0 amide bonds. The Morgan fingerprint density at radius 2 is 1.81 bits per heavy atom. The number of benzene rings is 1. The van der Waals surface area contributed by atoms with Crippen LogP contribution in [0.3, 0.4) is 0 Å². The fourth-order valence-electron chi connectivity index (χ4n) is 1.63. The highest BCUT2D eigenvalue weighted by Crippen LogP contribution is 2.36. The van der Waals surface area contributed by atoms with Crippen LogP contribution in [-0.4, -0.2) is 16.1 Å². The molecule has 0 unspecified atom stereocenters.